The fourth-order valence-electron chi connectivity index (χ4n) is 3.85. The summed E-state index contributed by atoms with van der Waals surface area (Å²) in [5, 5.41) is 5.53. The van der Waals surface area contributed by atoms with Crippen LogP contribution in [-0.4, -0.2) is 38.7 Å². The van der Waals surface area contributed by atoms with E-state index >= 15 is 0 Å². The number of anilines is 1. The van der Waals surface area contributed by atoms with Crippen molar-refractivity contribution in [3.63, 3.8) is 0 Å². The quantitative estimate of drug-likeness (QED) is 0.762. The van der Waals surface area contributed by atoms with Crippen molar-refractivity contribution < 1.29 is 19.1 Å². The van der Waals surface area contributed by atoms with E-state index in [9.17, 15) is 9.59 Å². The summed E-state index contributed by atoms with van der Waals surface area (Å²) in [6, 6.07) is 13.5. The SMILES string of the molecule is COc1ccccc1C1(CNC(=O)C(=O)Nc2ccc(C)cc2C)CCOCC1. The van der Waals surface area contributed by atoms with Crippen molar-refractivity contribution in [3.8, 4) is 5.75 Å². The minimum Gasteiger partial charge on any atom is -0.496 e. The van der Waals surface area contributed by atoms with Gasteiger partial charge in [0.15, 0.2) is 0 Å². The Morgan fingerprint density at radius 2 is 1.79 bits per heavy atom. The summed E-state index contributed by atoms with van der Waals surface area (Å²) in [6.45, 7) is 5.43. The molecule has 3 rings (SSSR count). The fourth-order valence-corrected chi connectivity index (χ4v) is 3.85. The molecule has 1 aliphatic heterocycles. The van der Waals surface area contributed by atoms with Gasteiger partial charge in [-0.05, 0) is 44.4 Å². The first kappa shape index (κ1) is 20.9. The summed E-state index contributed by atoms with van der Waals surface area (Å²) in [6.07, 6.45) is 1.48. The monoisotopic (exact) mass is 396 g/mol. The van der Waals surface area contributed by atoms with Crippen LogP contribution in [0.15, 0.2) is 42.5 Å². The fraction of sp³-hybridized carbons (Fsp3) is 0.391. The number of benzene rings is 2. The lowest BCUT2D eigenvalue weighted by Gasteiger charge is -2.38. The van der Waals surface area contributed by atoms with E-state index in [0.717, 1.165) is 35.3 Å². The zero-order chi connectivity index (χ0) is 20.9. The number of hydrogen-bond donors (Lipinski definition) is 2. The molecule has 0 atom stereocenters. The molecule has 1 fully saturated rings. The van der Waals surface area contributed by atoms with E-state index in [4.69, 9.17) is 9.47 Å². The molecule has 0 spiro atoms. The van der Waals surface area contributed by atoms with E-state index in [1.54, 1.807) is 7.11 Å². The molecule has 0 saturated carbocycles. The van der Waals surface area contributed by atoms with Crippen molar-refractivity contribution in [3.05, 3.63) is 59.2 Å². The highest BCUT2D eigenvalue weighted by Gasteiger charge is 2.37. The first-order chi connectivity index (χ1) is 13.9. The molecule has 0 aliphatic carbocycles. The van der Waals surface area contributed by atoms with Crippen molar-refractivity contribution in [2.24, 2.45) is 0 Å². The third-order valence-corrected chi connectivity index (χ3v) is 5.55. The summed E-state index contributed by atoms with van der Waals surface area (Å²) in [4.78, 5) is 24.9. The number of carbonyl (C=O) groups excluding carboxylic acids is 2. The summed E-state index contributed by atoms with van der Waals surface area (Å²) < 4.78 is 11.1. The Hall–Kier alpha value is -2.86. The van der Waals surface area contributed by atoms with Gasteiger partial charge in [-0.1, -0.05) is 35.9 Å². The van der Waals surface area contributed by atoms with Gasteiger partial charge in [0.1, 0.15) is 5.75 Å². The second kappa shape index (κ2) is 9.09. The summed E-state index contributed by atoms with van der Waals surface area (Å²) >= 11 is 0. The van der Waals surface area contributed by atoms with Gasteiger partial charge in [-0.2, -0.15) is 0 Å². The van der Waals surface area contributed by atoms with Crippen LogP contribution in [-0.2, 0) is 19.7 Å². The van der Waals surface area contributed by atoms with Gasteiger partial charge in [0.05, 0.1) is 7.11 Å². The molecule has 2 aromatic carbocycles. The molecule has 0 bridgehead atoms. The Kier molecular flexibility index (Phi) is 6.54. The van der Waals surface area contributed by atoms with Crippen LogP contribution in [0.2, 0.25) is 0 Å². The predicted octanol–water partition coefficient (Wildman–Crippen LogP) is 3.12. The molecular weight excluding hydrogens is 368 g/mol. The Labute approximate surface area is 171 Å². The highest BCUT2D eigenvalue weighted by molar-refractivity contribution is 6.39. The second-order valence-electron chi connectivity index (χ2n) is 7.55. The number of rotatable bonds is 5. The van der Waals surface area contributed by atoms with Crippen LogP contribution in [0, 0.1) is 13.8 Å². The molecule has 154 valence electrons. The molecule has 1 saturated heterocycles. The molecule has 0 unspecified atom stereocenters. The maximum atomic E-state index is 12.5. The number of aryl methyl sites for hydroxylation is 2. The summed E-state index contributed by atoms with van der Waals surface area (Å²) in [5.74, 6) is -0.534. The minimum absolute atomic E-state index is 0.333. The Morgan fingerprint density at radius 3 is 2.48 bits per heavy atom. The largest absolute Gasteiger partial charge is 0.496 e. The lowest BCUT2D eigenvalue weighted by Crippen LogP contribution is -2.47. The van der Waals surface area contributed by atoms with E-state index in [1.807, 2.05) is 56.3 Å². The zero-order valence-electron chi connectivity index (χ0n) is 17.2. The van der Waals surface area contributed by atoms with Crippen molar-refractivity contribution >= 4 is 17.5 Å². The van der Waals surface area contributed by atoms with Crippen LogP contribution in [0.4, 0.5) is 5.69 Å². The number of carbonyl (C=O) groups is 2. The van der Waals surface area contributed by atoms with Crippen LogP contribution in [0.25, 0.3) is 0 Å². The number of methoxy groups -OCH3 is 1. The third-order valence-electron chi connectivity index (χ3n) is 5.55. The van der Waals surface area contributed by atoms with Crippen molar-refractivity contribution in [1.29, 1.82) is 0 Å². The van der Waals surface area contributed by atoms with Crippen LogP contribution in [0.1, 0.15) is 29.5 Å². The number of amides is 2. The Bertz CT molecular complexity index is 888. The number of para-hydroxylation sites is 1. The van der Waals surface area contributed by atoms with Crippen LogP contribution in [0.5, 0.6) is 5.75 Å². The van der Waals surface area contributed by atoms with E-state index in [2.05, 4.69) is 10.6 Å². The van der Waals surface area contributed by atoms with Crippen molar-refractivity contribution in [1.82, 2.24) is 5.32 Å². The molecule has 1 aliphatic rings. The summed E-state index contributed by atoms with van der Waals surface area (Å²) in [7, 11) is 1.64. The molecule has 0 radical (unpaired) electrons. The number of ether oxygens (including phenoxy) is 2. The van der Waals surface area contributed by atoms with E-state index in [1.165, 1.54) is 0 Å². The highest BCUT2D eigenvalue weighted by Crippen LogP contribution is 2.39. The van der Waals surface area contributed by atoms with Gasteiger partial charge >= 0.3 is 11.8 Å². The number of nitrogens with one attached hydrogen (secondary N) is 2. The lowest BCUT2D eigenvalue weighted by molar-refractivity contribution is -0.136. The first-order valence-corrected chi connectivity index (χ1v) is 9.83. The van der Waals surface area contributed by atoms with Gasteiger partial charge in [0.25, 0.3) is 0 Å². The molecule has 2 N–H and O–H groups in total. The third kappa shape index (κ3) is 4.77. The highest BCUT2D eigenvalue weighted by atomic mass is 16.5. The first-order valence-electron chi connectivity index (χ1n) is 9.83. The Balaban J connectivity index is 1.72. The van der Waals surface area contributed by atoms with Gasteiger partial charge in [0.2, 0.25) is 0 Å². The maximum Gasteiger partial charge on any atom is 0.313 e. The molecule has 2 aromatic rings. The predicted molar refractivity (Wildman–Crippen MR) is 112 cm³/mol. The van der Waals surface area contributed by atoms with Crippen LogP contribution >= 0.6 is 0 Å². The van der Waals surface area contributed by atoms with Crippen LogP contribution in [0.3, 0.4) is 0 Å². The molecule has 0 aromatic heterocycles. The zero-order valence-corrected chi connectivity index (χ0v) is 17.2. The smallest absolute Gasteiger partial charge is 0.313 e. The van der Waals surface area contributed by atoms with E-state index < -0.39 is 11.8 Å². The van der Waals surface area contributed by atoms with Gasteiger partial charge in [0, 0.05) is 36.4 Å². The maximum absolute atomic E-state index is 12.5. The average Bonchev–Trinajstić information content (AvgIpc) is 2.74. The standard InChI is InChI=1S/C23H28N2O4/c1-16-8-9-19(17(2)14-16)25-22(27)21(26)24-15-23(10-12-29-13-11-23)18-6-4-5-7-20(18)28-3/h4-9,14H,10-13,15H2,1-3H3,(H,24,26)(H,25,27). The second-order valence-corrected chi connectivity index (χ2v) is 7.55. The van der Waals surface area contributed by atoms with Gasteiger partial charge in [-0.3, -0.25) is 9.59 Å². The molecule has 6 nitrogen and oxygen atoms in total. The van der Waals surface area contributed by atoms with Crippen molar-refractivity contribution in [2.75, 3.05) is 32.2 Å². The van der Waals surface area contributed by atoms with Gasteiger partial charge in [-0.15, -0.1) is 0 Å². The van der Waals surface area contributed by atoms with Gasteiger partial charge < -0.3 is 20.1 Å². The molecule has 29 heavy (non-hydrogen) atoms. The molecular formula is C23H28N2O4. The van der Waals surface area contributed by atoms with E-state index in [0.29, 0.717) is 25.4 Å². The van der Waals surface area contributed by atoms with Gasteiger partial charge in [-0.25, -0.2) is 0 Å². The summed E-state index contributed by atoms with van der Waals surface area (Å²) in [5.41, 5.74) is 3.35. The molecule has 6 heteroatoms. The minimum atomic E-state index is -0.667. The normalized spacial score (nSPS) is 15.4. The molecule has 2 amide bonds. The van der Waals surface area contributed by atoms with Crippen molar-refractivity contribution in [2.45, 2.75) is 32.1 Å². The van der Waals surface area contributed by atoms with Crippen LogP contribution < -0.4 is 15.4 Å². The molecule has 1 heterocycles. The lowest BCUT2D eigenvalue weighted by atomic mass is 9.73. The average molecular weight is 396 g/mol. The number of hydrogen-bond acceptors (Lipinski definition) is 4. The topological polar surface area (TPSA) is 76.7 Å². The Morgan fingerprint density at radius 1 is 1.07 bits per heavy atom. The van der Waals surface area contributed by atoms with E-state index in [-0.39, 0.29) is 5.41 Å².